The lowest BCUT2D eigenvalue weighted by Crippen LogP contribution is -2.26. The zero-order chi connectivity index (χ0) is 21.3. The summed E-state index contributed by atoms with van der Waals surface area (Å²) >= 11 is 7.39. The predicted octanol–water partition coefficient (Wildman–Crippen LogP) is 4.31. The maximum Gasteiger partial charge on any atom is 0.371 e. The first-order valence-electron chi connectivity index (χ1n) is 9.05. The fourth-order valence-corrected chi connectivity index (χ4v) is 4.27. The van der Waals surface area contributed by atoms with Gasteiger partial charge in [0, 0.05) is 29.5 Å². The number of ether oxygens (including phenoxy) is 1. The molecule has 9 heteroatoms. The summed E-state index contributed by atoms with van der Waals surface area (Å²) in [5.41, 5.74) is 1.43. The maximum absolute atomic E-state index is 13.5. The Labute approximate surface area is 180 Å². The lowest BCUT2D eigenvalue weighted by atomic mass is 10.1. The number of hydrogen-bond acceptors (Lipinski definition) is 6. The van der Waals surface area contributed by atoms with Crippen molar-refractivity contribution >= 4 is 39.1 Å². The standard InChI is InChI=1S/C21H17ClN2O5S/c1-28-9-8-17-23-19-18(15(11-30-19)12-2-4-13(22)5-3-12)20(25)24(17)10-14-6-7-16(29-14)21(26)27/h2-7,11H,8-10H2,1H3,(H,26,27). The van der Waals surface area contributed by atoms with Gasteiger partial charge in [0.05, 0.1) is 18.5 Å². The summed E-state index contributed by atoms with van der Waals surface area (Å²) in [6, 6.07) is 10.2. The second-order valence-electron chi connectivity index (χ2n) is 6.57. The summed E-state index contributed by atoms with van der Waals surface area (Å²) < 4.78 is 12.0. The second-order valence-corrected chi connectivity index (χ2v) is 7.86. The highest BCUT2D eigenvalue weighted by molar-refractivity contribution is 7.17. The van der Waals surface area contributed by atoms with Gasteiger partial charge in [0.15, 0.2) is 0 Å². The fraction of sp³-hybridized carbons (Fsp3) is 0.190. The van der Waals surface area contributed by atoms with Gasteiger partial charge in [-0.2, -0.15) is 0 Å². The fourth-order valence-electron chi connectivity index (χ4n) is 3.19. The minimum Gasteiger partial charge on any atom is -0.475 e. The molecule has 0 saturated heterocycles. The Balaban J connectivity index is 1.85. The van der Waals surface area contributed by atoms with Crippen LogP contribution in [0.4, 0.5) is 0 Å². The molecule has 0 aliphatic heterocycles. The number of fused-ring (bicyclic) bond motifs is 1. The van der Waals surface area contributed by atoms with Crippen LogP contribution in [0, 0.1) is 0 Å². The summed E-state index contributed by atoms with van der Waals surface area (Å²) in [5, 5.41) is 12.1. The summed E-state index contributed by atoms with van der Waals surface area (Å²) in [6.07, 6.45) is 0.433. The number of methoxy groups -OCH3 is 1. The molecule has 0 spiro atoms. The van der Waals surface area contributed by atoms with E-state index >= 15 is 0 Å². The zero-order valence-electron chi connectivity index (χ0n) is 15.9. The van der Waals surface area contributed by atoms with Crippen molar-refractivity contribution in [3.05, 3.63) is 74.5 Å². The van der Waals surface area contributed by atoms with Gasteiger partial charge in [-0.15, -0.1) is 11.3 Å². The van der Waals surface area contributed by atoms with Crippen LogP contribution in [0.25, 0.3) is 21.3 Å². The third-order valence-electron chi connectivity index (χ3n) is 4.64. The first-order valence-corrected chi connectivity index (χ1v) is 10.3. The number of nitrogens with zero attached hydrogens (tertiary/aromatic N) is 2. The Morgan fingerprint density at radius 3 is 2.70 bits per heavy atom. The number of aromatic nitrogens is 2. The number of rotatable bonds is 7. The van der Waals surface area contributed by atoms with Crippen LogP contribution in [0.2, 0.25) is 5.02 Å². The SMILES string of the molecule is COCCc1nc2scc(-c3ccc(Cl)cc3)c2c(=O)n1Cc1ccc(C(=O)O)o1. The molecule has 0 unspecified atom stereocenters. The summed E-state index contributed by atoms with van der Waals surface area (Å²) in [6.45, 7) is 0.468. The van der Waals surface area contributed by atoms with Crippen molar-refractivity contribution < 1.29 is 19.1 Å². The molecule has 4 aromatic rings. The first kappa shape index (κ1) is 20.3. The largest absolute Gasteiger partial charge is 0.475 e. The molecule has 0 aliphatic rings. The van der Waals surface area contributed by atoms with Crippen LogP contribution < -0.4 is 5.56 Å². The van der Waals surface area contributed by atoms with Gasteiger partial charge in [-0.3, -0.25) is 9.36 Å². The van der Waals surface area contributed by atoms with E-state index in [9.17, 15) is 9.59 Å². The molecule has 30 heavy (non-hydrogen) atoms. The molecule has 1 N–H and O–H groups in total. The number of hydrogen-bond donors (Lipinski definition) is 1. The molecule has 7 nitrogen and oxygen atoms in total. The Morgan fingerprint density at radius 2 is 2.03 bits per heavy atom. The van der Waals surface area contributed by atoms with Gasteiger partial charge in [-0.25, -0.2) is 9.78 Å². The van der Waals surface area contributed by atoms with Crippen LogP contribution in [-0.2, 0) is 17.7 Å². The van der Waals surface area contributed by atoms with Gasteiger partial charge in [0.1, 0.15) is 16.4 Å². The van der Waals surface area contributed by atoms with Crippen LogP contribution in [0.5, 0.6) is 0 Å². The zero-order valence-corrected chi connectivity index (χ0v) is 17.5. The smallest absolute Gasteiger partial charge is 0.371 e. The molecule has 4 rings (SSSR count). The molecule has 3 aromatic heterocycles. The highest BCUT2D eigenvalue weighted by atomic mass is 35.5. The molecule has 0 aliphatic carbocycles. The lowest BCUT2D eigenvalue weighted by Gasteiger charge is -2.12. The third-order valence-corrected chi connectivity index (χ3v) is 5.77. The van der Waals surface area contributed by atoms with Crippen molar-refractivity contribution in [2.24, 2.45) is 0 Å². The van der Waals surface area contributed by atoms with E-state index in [2.05, 4.69) is 0 Å². The molecule has 0 fully saturated rings. The van der Waals surface area contributed by atoms with Gasteiger partial charge < -0.3 is 14.3 Å². The molecule has 1 aromatic carbocycles. The number of halogens is 1. The molecular formula is C21H17ClN2O5S. The van der Waals surface area contributed by atoms with Crippen LogP contribution in [0.3, 0.4) is 0 Å². The predicted molar refractivity (Wildman–Crippen MR) is 115 cm³/mol. The highest BCUT2D eigenvalue weighted by Gasteiger charge is 2.19. The molecule has 0 bridgehead atoms. The van der Waals surface area contributed by atoms with Crippen molar-refractivity contribution in [3.8, 4) is 11.1 Å². The van der Waals surface area contributed by atoms with Crippen LogP contribution in [0.15, 0.2) is 51.0 Å². The molecule has 3 heterocycles. The van der Waals surface area contributed by atoms with E-state index in [0.29, 0.717) is 39.9 Å². The van der Waals surface area contributed by atoms with Crippen molar-refractivity contribution in [2.75, 3.05) is 13.7 Å². The van der Waals surface area contributed by atoms with Crippen LogP contribution >= 0.6 is 22.9 Å². The van der Waals surface area contributed by atoms with Gasteiger partial charge in [-0.1, -0.05) is 23.7 Å². The minimum absolute atomic E-state index is 0.0734. The van der Waals surface area contributed by atoms with Crippen molar-refractivity contribution in [1.82, 2.24) is 9.55 Å². The number of carboxylic acids is 1. The summed E-state index contributed by atoms with van der Waals surface area (Å²) in [5.74, 6) is -0.433. The Bertz CT molecular complexity index is 1270. The molecule has 0 radical (unpaired) electrons. The topological polar surface area (TPSA) is 94.6 Å². The third kappa shape index (κ3) is 3.89. The average molecular weight is 445 g/mol. The monoisotopic (exact) mass is 444 g/mol. The van der Waals surface area contributed by atoms with Crippen molar-refractivity contribution in [1.29, 1.82) is 0 Å². The molecule has 0 atom stereocenters. The van der Waals surface area contributed by atoms with Crippen molar-refractivity contribution in [3.63, 3.8) is 0 Å². The van der Waals surface area contributed by atoms with E-state index in [1.807, 2.05) is 17.5 Å². The van der Waals surface area contributed by atoms with E-state index in [4.69, 9.17) is 30.8 Å². The summed E-state index contributed by atoms with van der Waals surface area (Å²) in [7, 11) is 1.58. The molecule has 154 valence electrons. The Hall–Kier alpha value is -2.94. The highest BCUT2D eigenvalue weighted by Crippen LogP contribution is 2.32. The van der Waals surface area contributed by atoms with Gasteiger partial charge >= 0.3 is 5.97 Å². The number of aromatic carboxylic acids is 1. The first-order chi connectivity index (χ1) is 14.5. The minimum atomic E-state index is -1.16. The Morgan fingerprint density at radius 1 is 1.27 bits per heavy atom. The van der Waals surface area contributed by atoms with Gasteiger partial charge in [0.25, 0.3) is 5.56 Å². The number of benzene rings is 1. The van der Waals surface area contributed by atoms with E-state index < -0.39 is 5.97 Å². The van der Waals surface area contributed by atoms with E-state index in [-0.39, 0.29) is 17.9 Å². The number of thiophene rings is 1. The van der Waals surface area contributed by atoms with E-state index in [1.54, 1.807) is 25.3 Å². The van der Waals surface area contributed by atoms with Gasteiger partial charge in [0.2, 0.25) is 5.76 Å². The van der Waals surface area contributed by atoms with E-state index in [1.165, 1.54) is 22.0 Å². The van der Waals surface area contributed by atoms with Crippen molar-refractivity contribution in [2.45, 2.75) is 13.0 Å². The summed E-state index contributed by atoms with van der Waals surface area (Å²) in [4.78, 5) is 29.9. The quantitative estimate of drug-likeness (QED) is 0.456. The maximum atomic E-state index is 13.5. The van der Waals surface area contributed by atoms with Crippen LogP contribution in [0.1, 0.15) is 22.1 Å². The Kier molecular flexibility index (Phi) is 5.72. The number of carbonyl (C=O) groups is 1. The van der Waals surface area contributed by atoms with Gasteiger partial charge in [-0.05, 0) is 29.8 Å². The van der Waals surface area contributed by atoms with Crippen LogP contribution in [-0.4, -0.2) is 34.3 Å². The lowest BCUT2D eigenvalue weighted by molar-refractivity contribution is 0.0660. The second kappa shape index (κ2) is 8.43. The van der Waals surface area contributed by atoms with E-state index in [0.717, 1.165) is 11.1 Å². The number of carboxylic acid groups (broad SMARTS) is 1. The average Bonchev–Trinajstić information content (AvgIpc) is 3.37. The molecular weight excluding hydrogens is 428 g/mol. The number of furan rings is 1. The molecule has 0 amide bonds. The normalized spacial score (nSPS) is 11.3. The molecule has 0 saturated carbocycles.